The van der Waals surface area contributed by atoms with Crippen molar-refractivity contribution in [3.8, 4) is 0 Å². The van der Waals surface area contributed by atoms with E-state index in [0.29, 0.717) is 0 Å². The van der Waals surface area contributed by atoms with E-state index < -0.39 is 0 Å². The van der Waals surface area contributed by atoms with Gasteiger partial charge in [-0.15, -0.1) is 0 Å². The van der Waals surface area contributed by atoms with Crippen LogP contribution >= 0.6 is 0 Å². The van der Waals surface area contributed by atoms with Crippen LogP contribution in [0.1, 0.15) is 45.4 Å². The first-order chi connectivity index (χ1) is 8.38. The van der Waals surface area contributed by atoms with Gasteiger partial charge in [-0.2, -0.15) is 0 Å². The lowest BCUT2D eigenvalue weighted by Gasteiger charge is -2.17. The van der Waals surface area contributed by atoms with Crippen LogP contribution in [0.4, 0.5) is 5.69 Å². The summed E-state index contributed by atoms with van der Waals surface area (Å²) in [5.41, 5.74) is 0.996. The van der Waals surface area contributed by atoms with Crippen LogP contribution in [0.3, 0.4) is 0 Å². The zero-order chi connectivity index (χ0) is 12.3. The van der Waals surface area contributed by atoms with E-state index >= 15 is 0 Å². The molecule has 0 aliphatic rings. The Bertz CT molecular complexity index is 297. The third-order valence-electron chi connectivity index (χ3n) is 2.97. The number of hydrogen-bond donors (Lipinski definition) is 0. The monoisotopic (exact) mass is 233 g/mol. The molecule has 0 saturated heterocycles. The lowest BCUT2D eigenvalue weighted by atomic mass is 10.1. The van der Waals surface area contributed by atoms with Crippen molar-refractivity contribution in [2.24, 2.45) is 0 Å². The lowest BCUT2D eigenvalue weighted by Crippen LogP contribution is -2.22. The molecule has 0 bridgehead atoms. The van der Waals surface area contributed by atoms with Crippen LogP contribution in [0, 0.1) is 0 Å². The van der Waals surface area contributed by atoms with E-state index in [-0.39, 0.29) is 0 Å². The number of para-hydroxylation sites is 1. The van der Waals surface area contributed by atoms with Crippen molar-refractivity contribution in [1.29, 1.82) is 0 Å². The maximum absolute atomic E-state index is 11.0. The highest BCUT2D eigenvalue weighted by Gasteiger charge is 2.03. The average Bonchev–Trinajstić information content (AvgIpc) is 2.39. The first kappa shape index (κ1) is 13.8. The van der Waals surface area contributed by atoms with E-state index in [2.05, 4.69) is 6.92 Å². The van der Waals surface area contributed by atoms with Gasteiger partial charge >= 0.3 is 0 Å². The molecule has 0 aliphatic heterocycles. The van der Waals surface area contributed by atoms with Crippen LogP contribution < -0.4 is 4.90 Å². The molecule has 0 saturated carbocycles. The van der Waals surface area contributed by atoms with E-state index in [1.807, 2.05) is 30.3 Å². The summed E-state index contributed by atoms with van der Waals surface area (Å²) in [6, 6.07) is 9.86. The molecule has 94 valence electrons. The number of benzene rings is 1. The molecule has 0 N–H and O–H groups in total. The first-order valence-electron chi connectivity index (χ1n) is 6.65. The van der Waals surface area contributed by atoms with Crippen LogP contribution in [0.15, 0.2) is 30.3 Å². The van der Waals surface area contributed by atoms with Gasteiger partial charge in [-0.1, -0.05) is 57.2 Å². The zero-order valence-corrected chi connectivity index (χ0v) is 10.8. The quantitative estimate of drug-likeness (QED) is 0.466. The van der Waals surface area contributed by atoms with Gasteiger partial charge < -0.3 is 4.90 Å². The van der Waals surface area contributed by atoms with E-state index in [1.54, 1.807) is 4.90 Å². The Hall–Kier alpha value is -1.31. The SMILES string of the molecule is CCCCCCCCN(C=O)c1ccccc1. The molecule has 2 nitrogen and oxygen atoms in total. The van der Waals surface area contributed by atoms with Crippen LogP contribution in [-0.4, -0.2) is 13.0 Å². The van der Waals surface area contributed by atoms with Gasteiger partial charge in [0.25, 0.3) is 0 Å². The lowest BCUT2D eigenvalue weighted by molar-refractivity contribution is -0.107. The summed E-state index contributed by atoms with van der Waals surface area (Å²) in [5.74, 6) is 0. The molecular formula is C15H23NO. The number of unbranched alkanes of at least 4 members (excludes halogenated alkanes) is 5. The maximum Gasteiger partial charge on any atom is 0.214 e. The Balaban J connectivity index is 2.22. The predicted molar refractivity (Wildman–Crippen MR) is 73.2 cm³/mol. The van der Waals surface area contributed by atoms with Crippen molar-refractivity contribution >= 4 is 12.1 Å². The van der Waals surface area contributed by atoms with Gasteiger partial charge in [-0.25, -0.2) is 0 Å². The van der Waals surface area contributed by atoms with E-state index in [4.69, 9.17) is 0 Å². The number of anilines is 1. The molecular weight excluding hydrogens is 210 g/mol. The minimum atomic E-state index is 0.833. The molecule has 0 radical (unpaired) electrons. The molecule has 0 heterocycles. The van der Waals surface area contributed by atoms with Crippen LogP contribution in [0.5, 0.6) is 0 Å². The second-order valence-corrected chi connectivity index (χ2v) is 4.40. The standard InChI is InChI=1S/C15H23NO/c1-2-3-4-5-6-10-13-16(14-17)15-11-8-7-9-12-15/h7-9,11-12,14H,2-6,10,13H2,1H3. The average molecular weight is 233 g/mol. The number of carbonyl (C=O) groups excluding carboxylic acids is 1. The number of carbonyl (C=O) groups is 1. The van der Waals surface area contributed by atoms with Crippen molar-refractivity contribution < 1.29 is 4.79 Å². The van der Waals surface area contributed by atoms with E-state index in [1.165, 1.54) is 32.1 Å². The van der Waals surface area contributed by atoms with Crippen molar-refractivity contribution in [3.63, 3.8) is 0 Å². The zero-order valence-electron chi connectivity index (χ0n) is 10.8. The normalized spacial score (nSPS) is 10.2. The summed E-state index contributed by atoms with van der Waals surface area (Å²) in [7, 11) is 0. The smallest absolute Gasteiger partial charge is 0.214 e. The minimum absolute atomic E-state index is 0.833. The fourth-order valence-electron chi connectivity index (χ4n) is 1.92. The van der Waals surface area contributed by atoms with Crippen LogP contribution in [0.2, 0.25) is 0 Å². The van der Waals surface area contributed by atoms with Crippen molar-refractivity contribution in [2.45, 2.75) is 45.4 Å². The second kappa shape index (κ2) is 8.80. The van der Waals surface area contributed by atoms with Gasteiger partial charge in [0.15, 0.2) is 0 Å². The number of hydrogen-bond acceptors (Lipinski definition) is 1. The van der Waals surface area contributed by atoms with Crippen molar-refractivity contribution in [3.05, 3.63) is 30.3 Å². The molecule has 1 aromatic carbocycles. The van der Waals surface area contributed by atoms with Crippen molar-refractivity contribution in [1.82, 2.24) is 0 Å². The number of nitrogens with zero attached hydrogens (tertiary/aromatic N) is 1. The molecule has 17 heavy (non-hydrogen) atoms. The van der Waals surface area contributed by atoms with Gasteiger partial charge in [0, 0.05) is 12.2 Å². The minimum Gasteiger partial charge on any atom is -0.315 e. The highest BCUT2D eigenvalue weighted by atomic mass is 16.1. The molecule has 0 aromatic heterocycles. The maximum atomic E-state index is 11.0. The third-order valence-corrected chi connectivity index (χ3v) is 2.97. The second-order valence-electron chi connectivity index (χ2n) is 4.40. The van der Waals surface area contributed by atoms with Gasteiger partial charge in [-0.3, -0.25) is 4.79 Å². The fourth-order valence-corrected chi connectivity index (χ4v) is 1.92. The van der Waals surface area contributed by atoms with E-state index in [9.17, 15) is 4.79 Å². The molecule has 0 aliphatic carbocycles. The van der Waals surface area contributed by atoms with Crippen molar-refractivity contribution in [2.75, 3.05) is 11.4 Å². The Kier molecular flexibility index (Phi) is 7.12. The molecule has 1 rings (SSSR count). The molecule has 0 spiro atoms. The number of amides is 1. The summed E-state index contributed by atoms with van der Waals surface area (Å²) >= 11 is 0. The van der Waals surface area contributed by atoms with Crippen LogP contribution in [-0.2, 0) is 4.79 Å². The third kappa shape index (κ3) is 5.53. The first-order valence-corrected chi connectivity index (χ1v) is 6.65. The topological polar surface area (TPSA) is 20.3 Å². The Morgan fingerprint density at radius 3 is 2.29 bits per heavy atom. The molecule has 0 fully saturated rings. The highest BCUT2D eigenvalue weighted by Crippen LogP contribution is 2.13. The summed E-state index contributed by atoms with van der Waals surface area (Å²) in [6.45, 7) is 3.06. The Morgan fingerprint density at radius 2 is 1.65 bits per heavy atom. The van der Waals surface area contributed by atoms with Gasteiger partial charge in [0.2, 0.25) is 6.41 Å². The Labute approximate surface area is 105 Å². The molecule has 0 atom stereocenters. The van der Waals surface area contributed by atoms with Gasteiger partial charge in [0.1, 0.15) is 0 Å². The highest BCUT2D eigenvalue weighted by molar-refractivity contribution is 5.74. The van der Waals surface area contributed by atoms with E-state index in [0.717, 1.165) is 25.1 Å². The fraction of sp³-hybridized carbons (Fsp3) is 0.533. The molecule has 1 aromatic rings. The summed E-state index contributed by atoms with van der Waals surface area (Å²) in [5, 5.41) is 0. The van der Waals surface area contributed by atoms with Gasteiger partial charge in [0.05, 0.1) is 0 Å². The Morgan fingerprint density at radius 1 is 1.00 bits per heavy atom. The predicted octanol–water partition coefficient (Wildman–Crippen LogP) is 4.01. The molecule has 2 heteroatoms. The molecule has 1 amide bonds. The van der Waals surface area contributed by atoms with Gasteiger partial charge in [-0.05, 0) is 18.6 Å². The number of rotatable bonds is 9. The molecule has 0 unspecified atom stereocenters. The summed E-state index contributed by atoms with van der Waals surface area (Å²) in [6.07, 6.45) is 8.47. The summed E-state index contributed by atoms with van der Waals surface area (Å²) in [4.78, 5) is 12.8. The summed E-state index contributed by atoms with van der Waals surface area (Å²) < 4.78 is 0. The van der Waals surface area contributed by atoms with Crippen LogP contribution in [0.25, 0.3) is 0 Å². The largest absolute Gasteiger partial charge is 0.315 e.